The van der Waals surface area contributed by atoms with Crippen molar-refractivity contribution in [3.63, 3.8) is 0 Å². The molecule has 1 aliphatic carbocycles. The summed E-state index contributed by atoms with van der Waals surface area (Å²) < 4.78 is 0. The zero-order chi connectivity index (χ0) is 12.0. The van der Waals surface area contributed by atoms with Crippen LogP contribution in [0.2, 0.25) is 0 Å². The maximum Gasteiger partial charge on any atom is 0.141 e. The van der Waals surface area contributed by atoms with Gasteiger partial charge in [0, 0.05) is 5.69 Å². The lowest BCUT2D eigenvalue weighted by atomic mass is 9.93. The Hall–Kier alpha value is -2.09. The van der Waals surface area contributed by atoms with Crippen molar-refractivity contribution >= 4 is 11.5 Å². The second kappa shape index (κ2) is 3.45. The van der Waals surface area contributed by atoms with E-state index in [1.807, 2.05) is 36.4 Å². The molecule has 2 heteroatoms. The minimum atomic E-state index is -0.148. The number of hydrogen-bond donors (Lipinski definition) is 1. The highest BCUT2D eigenvalue weighted by molar-refractivity contribution is 5.96. The van der Waals surface area contributed by atoms with Crippen LogP contribution in [0.15, 0.2) is 42.5 Å². The Bertz CT molecular complexity index is 616. The summed E-state index contributed by atoms with van der Waals surface area (Å²) in [6.07, 6.45) is 0. The SMILES string of the molecule is CC(=O)C1c2ccccc2-c2ccc(N)cc21. The highest BCUT2D eigenvalue weighted by Gasteiger charge is 2.31. The molecule has 0 saturated carbocycles. The van der Waals surface area contributed by atoms with Gasteiger partial charge in [-0.2, -0.15) is 0 Å². The molecule has 1 unspecified atom stereocenters. The molecule has 0 fully saturated rings. The standard InChI is InChI=1S/C15H13NO/c1-9(17)15-13-5-3-2-4-11(13)12-7-6-10(16)8-14(12)15/h2-8,15H,16H2,1H3. The van der Waals surface area contributed by atoms with E-state index in [0.717, 1.165) is 22.3 Å². The molecule has 2 aromatic rings. The summed E-state index contributed by atoms with van der Waals surface area (Å²) in [4.78, 5) is 11.8. The minimum absolute atomic E-state index is 0.148. The van der Waals surface area contributed by atoms with Gasteiger partial charge in [0.15, 0.2) is 0 Å². The van der Waals surface area contributed by atoms with Crippen LogP contribution in [0.3, 0.4) is 0 Å². The number of carbonyl (C=O) groups is 1. The molecule has 2 aromatic carbocycles. The first-order chi connectivity index (χ1) is 8.18. The number of ketones is 1. The second-order valence-corrected chi connectivity index (χ2v) is 4.48. The molecule has 1 aliphatic rings. The van der Waals surface area contributed by atoms with E-state index >= 15 is 0 Å². The Labute approximate surface area is 100 Å². The van der Waals surface area contributed by atoms with Crippen molar-refractivity contribution in [2.45, 2.75) is 12.8 Å². The summed E-state index contributed by atoms with van der Waals surface area (Å²) in [7, 11) is 0. The number of rotatable bonds is 1. The van der Waals surface area contributed by atoms with Gasteiger partial charge in [-0.15, -0.1) is 0 Å². The Kier molecular flexibility index (Phi) is 2.05. The van der Waals surface area contributed by atoms with Gasteiger partial charge in [-0.25, -0.2) is 0 Å². The third kappa shape index (κ3) is 1.37. The van der Waals surface area contributed by atoms with Crippen molar-refractivity contribution in [2.75, 3.05) is 5.73 Å². The predicted octanol–water partition coefficient (Wildman–Crippen LogP) is 2.97. The van der Waals surface area contributed by atoms with Gasteiger partial charge in [0.25, 0.3) is 0 Å². The zero-order valence-electron chi connectivity index (χ0n) is 9.60. The fraction of sp³-hybridized carbons (Fsp3) is 0.133. The first-order valence-electron chi connectivity index (χ1n) is 5.67. The molecule has 3 rings (SSSR count). The maximum atomic E-state index is 11.8. The molecule has 0 spiro atoms. The molecule has 0 saturated heterocycles. The van der Waals surface area contributed by atoms with Gasteiger partial charge >= 0.3 is 0 Å². The number of benzene rings is 2. The van der Waals surface area contributed by atoms with Crippen LogP contribution in [0, 0.1) is 0 Å². The number of anilines is 1. The molecular formula is C15H13NO. The minimum Gasteiger partial charge on any atom is -0.399 e. The van der Waals surface area contributed by atoms with E-state index < -0.39 is 0 Å². The third-order valence-electron chi connectivity index (χ3n) is 3.36. The summed E-state index contributed by atoms with van der Waals surface area (Å²) in [5.41, 5.74) is 11.0. The van der Waals surface area contributed by atoms with Crippen molar-refractivity contribution in [3.8, 4) is 11.1 Å². The number of nitrogen functional groups attached to an aromatic ring is 1. The quantitative estimate of drug-likeness (QED) is 0.755. The van der Waals surface area contributed by atoms with Crippen LogP contribution in [0.4, 0.5) is 5.69 Å². The topological polar surface area (TPSA) is 43.1 Å². The molecule has 2 nitrogen and oxygen atoms in total. The van der Waals surface area contributed by atoms with Crippen LogP contribution in [0.25, 0.3) is 11.1 Å². The third-order valence-corrected chi connectivity index (χ3v) is 3.36. The lowest BCUT2D eigenvalue weighted by molar-refractivity contribution is -0.117. The highest BCUT2D eigenvalue weighted by Crippen LogP contribution is 2.45. The van der Waals surface area contributed by atoms with E-state index in [2.05, 4.69) is 6.07 Å². The van der Waals surface area contributed by atoms with Crippen LogP contribution < -0.4 is 5.73 Å². The van der Waals surface area contributed by atoms with Gasteiger partial charge < -0.3 is 5.73 Å². The van der Waals surface area contributed by atoms with Gasteiger partial charge in [-0.3, -0.25) is 4.79 Å². The molecule has 0 radical (unpaired) electrons. The molecule has 0 heterocycles. The molecule has 2 N–H and O–H groups in total. The first-order valence-corrected chi connectivity index (χ1v) is 5.67. The van der Waals surface area contributed by atoms with Gasteiger partial charge in [-0.1, -0.05) is 30.3 Å². The van der Waals surface area contributed by atoms with Crippen molar-refractivity contribution in [1.29, 1.82) is 0 Å². The van der Waals surface area contributed by atoms with Crippen LogP contribution in [-0.2, 0) is 4.79 Å². The monoisotopic (exact) mass is 223 g/mol. The predicted molar refractivity (Wildman–Crippen MR) is 68.8 cm³/mol. The summed E-state index contributed by atoms with van der Waals surface area (Å²) in [6, 6.07) is 13.9. The Morgan fingerprint density at radius 1 is 1.06 bits per heavy atom. The fourth-order valence-electron chi connectivity index (χ4n) is 2.66. The van der Waals surface area contributed by atoms with Crippen molar-refractivity contribution in [3.05, 3.63) is 53.6 Å². The molecule has 1 atom stereocenters. The maximum absolute atomic E-state index is 11.8. The average Bonchev–Trinajstić information content (AvgIpc) is 2.62. The van der Waals surface area contributed by atoms with E-state index in [4.69, 9.17) is 5.73 Å². The van der Waals surface area contributed by atoms with Gasteiger partial charge in [0.2, 0.25) is 0 Å². The lowest BCUT2D eigenvalue weighted by Crippen LogP contribution is -2.07. The highest BCUT2D eigenvalue weighted by atomic mass is 16.1. The van der Waals surface area contributed by atoms with Crippen LogP contribution in [-0.4, -0.2) is 5.78 Å². The summed E-state index contributed by atoms with van der Waals surface area (Å²) >= 11 is 0. The largest absolute Gasteiger partial charge is 0.399 e. The number of nitrogens with two attached hydrogens (primary N) is 1. The molecule has 84 valence electrons. The van der Waals surface area contributed by atoms with Gasteiger partial charge in [-0.05, 0) is 41.3 Å². The summed E-state index contributed by atoms with van der Waals surface area (Å²) in [5.74, 6) is 0.0199. The summed E-state index contributed by atoms with van der Waals surface area (Å²) in [6.45, 7) is 1.64. The second-order valence-electron chi connectivity index (χ2n) is 4.48. The van der Waals surface area contributed by atoms with Crippen molar-refractivity contribution < 1.29 is 4.79 Å². The molecule has 0 aliphatic heterocycles. The van der Waals surface area contributed by atoms with Crippen LogP contribution in [0.1, 0.15) is 24.0 Å². The molecule has 0 bridgehead atoms. The van der Waals surface area contributed by atoms with Crippen LogP contribution >= 0.6 is 0 Å². The van der Waals surface area contributed by atoms with Crippen LogP contribution in [0.5, 0.6) is 0 Å². The number of Topliss-reactive ketones (excluding diaryl/α,β-unsaturated/α-hetero) is 1. The Balaban J connectivity index is 2.33. The molecule has 0 amide bonds. The summed E-state index contributed by atoms with van der Waals surface area (Å²) in [5, 5.41) is 0. The lowest BCUT2D eigenvalue weighted by Gasteiger charge is -2.09. The van der Waals surface area contributed by atoms with Gasteiger partial charge in [0.05, 0.1) is 5.92 Å². The Morgan fingerprint density at radius 3 is 2.53 bits per heavy atom. The normalized spacial score (nSPS) is 16.4. The van der Waals surface area contributed by atoms with E-state index in [-0.39, 0.29) is 11.7 Å². The fourth-order valence-corrected chi connectivity index (χ4v) is 2.66. The molecule has 0 aromatic heterocycles. The molecule has 17 heavy (non-hydrogen) atoms. The first kappa shape index (κ1) is 10.1. The average molecular weight is 223 g/mol. The number of fused-ring (bicyclic) bond motifs is 3. The van der Waals surface area contributed by atoms with E-state index in [1.165, 1.54) is 0 Å². The number of carbonyl (C=O) groups excluding carboxylic acids is 1. The number of hydrogen-bond acceptors (Lipinski definition) is 2. The van der Waals surface area contributed by atoms with Crippen molar-refractivity contribution in [2.24, 2.45) is 0 Å². The molecular weight excluding hydrogens is 210 g/mol. The van der Waals surface area contributed by atoms with Crippen molar-refractivity contribution in [1.82, 2.24) is 0 Å². The van der Waals surface area contributed by atoms with E-state index in [1.54, 1.807) is 6.92 Å². The van der Waals surface area contributed by atoms with E-state index in [9.17, 15) is 4.79 Å². The Morgan fingerprint density at radius 2 is 1.76 bits per heavy atom. The van der Waals surface area contributed by atoms with Gasteiger partial charge in [0.1, 0.15) is 5.78 Å². The van der Waals surface area contributed by atoms with E-state index in [0.29, 0.717) is 5.69 Å². The zero-order valence-corrected chi connectivity index (χ0v) is 9.60. The smallest absolute Gasteiger partial charge is 0.141 e.